The molecule has 2 aromatic heterocycles. The van der Waals surface area contributed by atoms with Crippen LogP contribution in [0.1, 0.15) is 64.2 Å². The molecule has 3 aliphatic heterocycles. The van der Waals surface area contributed by atoms with E-state index in [1.54, 1.807) is 30.6 Å². The van der Waals surface area contributed by atoms with Crippen molar-refractivity contribution in [1.82, 2.24) is 34.8 Å². The van der Waals surface area contributed by atoms with Crippen LogP contribution < -0.4 is 24.4 Å². The summed E-state index contributed by atoms with van der Waals surface area (Å²) in [5.41, 5.74) is 0.664. The third kappa shape index (κ3) is 9.26. The number of anilines is 1. The SMILES string of the molecule is COc1ccc2c(O[C@@H]3C[C@H]4C(=O)N[C@@]5(C(=O)NS(=O)(=O)C6CC6)C[C@@H]5/C=C\CCCCC[C@H](CC(=O)N5CCN(c6cnccn6)CC5)C(=O)N4C3)cc(-c3ccccc3)nc2c1. The number of hydrogen-bond donors (Lipinski definition) is 2. The van der Waals surface area contributed by atoms with Crippen molar-refractivity contribution >= 4 is 50.4 Å². The number of sulfonamides is 1. The highest BCUT2D eigenvalue weighted by atomic mass is 32.2. The van der Waals surface area contributed by atoms with E-state index in [2.05, 4.69) is 24.9 Å². The summed E-state index contributed by atoms with van der Waals surface area (Å²) in [6.45, 7) is 2.12. The van der Waals surface area contributed by atoms with E-state index in [-0.39, 0.29) is 37.6 Å². The van der Waals surface area contributed by atoms with Gasteiger partial charge in [-0.2, -0.15) is 0 Å². The van der Waals surface area contributed by atoms with E-state index < -0.39 is 56.6 Å². The Morgan fingerprint density at radius 1 is 0.969 bits per heavy atom. The number of carbonyl (C=O) groups excluding carboxylic acids is 4. The summed E-state index contributed by atoms with van der Waals surface area (Å²) in [6, 6.07) is 16.0. The molecule has 336 valence electrons. The van der Waals surface area contributed by atoms with Gasteiger partial charge in [-0.1, -0.05) is 55.3 Å². The van der Waals surface area contributed by atoms with Crippen LogP contribution >= 0.6 is 0 Å². The Hall–Kier alpha value is -6.10. The first kappa shape index (κ1) is 43.2. The van der Waals surface area contributed by atoms with Crippen LogP contribution in [0.3, 0.4) is 0 Å². The Bertz CT molecular complexity index is 2530. The number of nitrogens with zero attached hydrogens (tertiary/aromatic N) is 6. The zero-order valence-corrected chi connectivity index (χ0v) is 36.8. The maximum absolute atomic E-state index is 15.1. The predicted octanol–water partition coefficient (Wildman–Crippen LogP) is 4.41. The lowest BCUT2D eigenvalue weighted by molar-refractivity contribution is -0.145. The lowest BCUT2D eigenvalue weighted by Crippen LogP contribution is -2.57. The molecular formula is C47H54N8O8S. The van der Waals surface area contributed by atoms with Gasteiger partial charge in [0.1, 0.15) is 35.0 Å². The van der Waals surface area contributed by atoms with E-state index in [1.807, 2.05) is 66.7 Å². The summed E-state index contributed by atoms with van der Waals surface area (Å²) >= 11 is 0. The molecule has 4 fully saturated rings. The number of aromatic nitrogens is 3. The van der Waals surface area contributed by atoms with Crippen LogP contribution in [0, 0.1) is 11.8 Å². The standard InChI is InChI=1S/C47H54N8O8S/c1-62-34-14-17-37-39(25-34)50-38(31-10-7-5-8-11-31)27-41(37)63-35-26-40-44(57)51-47(46(59)52-64(60,61)36-15-16-36)28-33(47)13-9-4-2-3-6-12-32(45(58)55(40)30-35)24-43(56)54-22-20-53(21-23-54)42-29-48-18-19-49-42/h5,7-11,13-14,17-19,25,27,29,32-33,35-36,40H,2-4,6,12,15-16,20-24,26,28,30H2,1H3,(H,51,57)(H,52,59)/b13-9-/t32-,33+,35-,40+,47+/m1/s1. The maximum Gasteiger partial charge on any atom is 0.259 e. The zero-order valence-electron chi connectivity index (χ0n) is 35.9. The number of methoxy groups -OCH3 is 1. The number of amides is 4. The van der Waals surface area contributed by atoms with Gasteiger partial charge < -0.3 is 29.5 Å². The molecule has 2 saturated carbocycles. The lowest BCUT2D eigenvalue weighted by atomic mass is 9.94. The summed E-state index contributed by atoms with van der Waals surface area (Å²) in [5.74, 6) is -1.09. The smallest absolute Gasteiger partial charge is 0.259 e. The average molecular weight is 891 g/mol. The first-order chi connectivity index (χ1) is 31.0. The summed E-state index contributed by atoms with van der Waals surface area (Å²) in [6.07, 6.45) is 12.9. The van der Waals surface area contributed by atoms with Crippen LogP contribution in [0.2, 0.25) is 0 Å². The molecule has 5 aliphatic rings. The number of nitrogens with one attached hydrogen (secondary N) is 2. The van der Waals surface area contributed by atoms with Crippen molar-refractivity contribution in [3.05, 3.63) is 85.3 Å². The van der Waals surface area contributed by atoms with Crippen molar-refractivity contribution in [3.63, 3.8) is 0 Å². The molecule has 0 unspecified atom stereocenters. The zero-order chi connectivity index (χ0) is 44.4. The Labute approximate surface area is 372 Å². The van der Waals surface area contributed by atoms with Crippen molar-refractivity contribution in [2.45, 2.75) is 87.1 Å². The fourth-order valence-electron chi connectivity index (χ4n) is 9.30. The summed E-state index contributed by atoms with van der Waals surface area (Å²) in [7, 11) is -2.32. The van der Waals surface area contributed by atoms with Crippen LogP contribution in [0.15, 0.2) is 85.3 Å². The Morgan fingerprint density at radius 3 is 2.53 bits per heavy atom. The predicted molar refractivity (Wildman–Crippen MR) is 238 cm³/mol. The van der Waals surface area contributed by atoms with E-state index in [0.29, 0.717) is 86.4 Å². The summed E-state index contributed by atoms with van der Waals surface area (Å²) < 4.78 is 40.6. The number of allylic oxidation sites excluding steroid dienone is 1. The second-order valence-corrected chi connectivity index (χ2v) is 19.5. The van der Waals surface area contributed by atoms with Crippen LogP contribution in [0.4, 0.5) is 5.82 Å². The van der Waals surface area contributed by atoms with Gasteiger partial charge in [-0.3, -0.25) is 28.9 Å². The molecule has 0 bridgehead atoms. The third-order valence-corrected chi connectivity index (χ3v) is 15.0. The normalized spacial score (nSPS) is 25.9. The Kier molecular flexibility index (Phi) is 12.3. The van der Waals surface area contributed by atoms with Gasteiger partial charge in [0.05, 0.1) is 36.3 Å². The molecule has 2 saturated heterocycles. The van der Waals surface area contributed by atoms with E-state index in [4.69, 9.17) is 14.5 Å². The van der Waals surface area contributed by atoms with Crippen molar-refractivity contribution in [2.75, 3.05) is 44.7 Å². The van der Waals surface area contributed by atoms with Gasteiger partial charge in [-0.05, 0) is 50.7 Å². The van der Waals surface area contributed by atoms with E-state index in [1.165, 1.54) is 4.90 Å². The van der Waals surface area contributed by atoms with E-state index in [9.17, 15) is 22.8 Å². The topological polar surface area (TPSA) is 193 Å². The van der Waals surface area contributed by atoms with Gasteiger partial charge in [0.15, 0.2) is 0 Å². The second kappa shape index (κ2) is 18.2. The van der Waals surface area contributed by atoms with Gasteiger partial charge in [-0.15, -0.1) is 0 Å². The fourth-order valence-corrected chi connectivity index (χ4v) is 10.7. The molecule has 4 aromatic rings. The lowest BCUT2D eigenvalue weighted by Gasteiger charge is -2.36. The van der Waals surface area contributed by atoms with Crippen LogP contribution in [-0.4, -0.2) is 120 Å². The largest absolute Gasteiger partial charge is 0.497 e. The highest BCUT2D eigenvalue weighted by Crippen LogP contribution is 2.46. The van der Waals surface area contributed by atoms with Crippen molar-refractivity contribution in [3.8, 4) is 22.8 Å². The number of benzene rings is 2. The molecule has 0 spiro atoms. The quantitative estimate of drug-likeness (QED) is 0.214. The molecule has 2 aromatic carbocycles. The van der Waals surface area contributed by atoms with Crippen molar-refractivity contribution in [1.29, 1.82) is 0 Å². The average Bonchev–Trinajstić information content (AvgIpc) is 4.25. The molecule has 64 heavy (non-hydrogen) atoms. The first-order valence-corrected chi connectivity index (χ1v) is 23.9. The minimum atomic E-state index is -3.91. The molecule has 5 heterocycles. The number of carbonyl (C=O) groups is 4. The Balaban J connectivity index is 1.01. The third-order valence-electron chi connectivity index (χ3n) is 13.2. The van der Waals surface area contributed by atoms with E-state index >= 15 is 4.79 Å². The van der Waals surface area contributed by atoms with Gasteiger partial charge in [0.2, 0.25) is 27.7 Å². The minimum absolute atomic E-state index is 0.0229. The molecule has 9 rings (SSSR count). The Morgan fingerprint density at radius 2 is 1.78 bits per heavy atom. The first-order valence-electron chi connectivity index (χ1n) is 22.4. The minimum Gasteiger partial charge on any atom is -0.497 e. The van der Waals surface area contributed by atoms with Gasteiger partial charge in [0.25, 0.3) is 5.91 Å². The van der Waals surface area contributed by atoms with Crippen LogP contribution in [0.25, 0.3) is 22.2 Å². The molecule has 0 radical (unpaired) electrons. The highest BCUT2D eigenvalue weighted by Gasteiger charge is 2.62. The molecule has 4 amide bonds. The highest BCUT2D eigenvalue weighted by molar-refractivity contribution is 7.91. The number of fused-ring (bicyclic) bond motifs is 3. The molecule has 16 nitrogen and oxygen atoms in total. The van der Waals surface area contributed by atoms with Crippen molar-refractivity contribution in [2.24, 2.45) is 11.8 Å². The second-order valence-electron chi connectivity index (χ2n) is 17.6. The number of hydrogen-bond acceptors (Lipinski definition) is 12. The van der Waals surface area contributed by atoms with Crippen LogP contribution in [-0.2, 0) is 29.2 Å². The fraction of sp³-hybridized carbons (Fsp3) is 0.468. The van der Waals surface area contributed by atoms with Crippen LogP contribution in [0.5, 0.6) is 11.5 Å². The number of pyridine rings is 1. The molecule has 17 heteroatoms. The maximum atomic E-state index is 15.1. The monoisotopic (exact) mass is 890 g/mol. The number of piperazine rings is 1. The van der Waals surface area contributed by atoms with Gasteiger partial charge in [-0.25, -0.2) is 18.4 Å². The van der Waals surface area contributed by atoms with E-state index in [0.717, 1.165) is 24.2 Å². The number of rotatable bonds is 10. The van der Waals surface area contributed by atoms with Gasteiger partial charge >= 0.3 is 0 Å². The van der Waals surface area contributed by atoms with Crippen molar-refractivity contribution < 1.29 is 37.1 Å². The summed E-state index contributed by atoms with van der Waals surface area (Å²) in [4.78, 5) is 76.7. The molecular weight excluding hydrogens is 837 g/mol. The molecule has 2 aliphatic carbocycles. The summed E-state index contributed by atoms with van der Waals surface area (Å²) in [5, 5.41) is 3.04. The van der Waals surface area contributed by atoms with Gasteiger partial charge in [0, 0.05) is 86.3 Å². The number of ether oxygens (including phenoxy) is 2. The molecule has 5 atom stereocenters. The molecule has 2 N–H and O–H groups in total.